The van der Waals surface area contributed by atoms with E-state index in [2.05, 4.69) is 14.3 Å². The Bertz CT molecular complexity index is 140. The Morgan fingerprint density at radius 2 is 1.92 bits per heavy atom. The Labute approximate surface area is 72.9 Å². The molecule has 5 nitrogen and oxygen atoms in total. The van der Waals surface area contributed by atoms with Crippen LogP contribution in [0.25, 0.3) is 0 Å². The first-order chi connectivity index (χ1) is 5.88. The van der Waals surface area contributed by atoms with Crippen molar-refractivity contribution in [3.8, 4) is 0 Å². The van der Waals surface area contributed by atoms with E-state index >= 15 is 0 Å². The molecule has 0 saturated carbocycles. The molecule has 0 aromatic carbocycles. The molecule has 9 heteroatoms. The van der Waals surface area contributed by atoms with Crippen molar-refractivity contribution >= 4 is 8.60 Å². The number of hydrogen-bond acceptors (Lipinski definition) is 5. The molecule has 0 aliphatic rings. The third-order valence-corrected chi connectivity index (χ3v) is 1.23. The number of rotatable bonds is 5. The van der Waals surface area contributed by atoms with E-state index in [9.17, 15) is 13.2 Å². The topological polar surface area (TPSA) is 68.2 Å². The van der Waals surface area contributed by atoms with E-state index in [1.807, 2.05) is 0 Å². The second kappa shape index (κ2) is 5.69. The zero-order valence-electron chi connectivity index (χ0n) is 6.48. The minimum atomic E-state index is -4.58. The fourth-order valence-corrected chi connectivity index (χ4v) is 0.591. The van der Waals surface area contributed by atoms with E-state index in [1.165, 1.54) is 0 Å². The predicted molar refractivity (Wildman–Crippen MR) is 35.2 cm³/mol. The van der Waals surface area contributed by atoms with Crippen LogP contribution in [0.15, 0.2) is 0 Å². The Morgan fingerprint density at radius 1 is 1.38 bits per heavy atom. The minimum absolute atomic E-state index is 0.849. The van der Waals surface area contributed by atoms with Gasteiger partial charge in [-0.25, -0.2) is 4.89 Å². The first kappa shape index (κ1) is 13.0. The molecule has 1 atom stereocenters. The highest BCUT2D eigenvalue weighted by molar-refractivity contribution is 7.39. The third-order valence-electron chi connectivity index (χ3n) is 0.988. The summed E-state index contributed by atoms with van der Waals surface area (Å²) < 4.78 is 43.3. The van der Waals surface area contributed by atoms with E-state index in [-0.39, 0.29) is 0 Å². The van der Waals surface area contributed by atoms with Crippen LogP contribution in [0.1, 0.15) is 0 Å². The summed E-state index contributed by atoms with van der Waals surface area (Å²) in [6.45, 7) is -0.958. The molecule has 0 saturated heterocycles. The van der Waals surface area contributed by atoms with Gasteiger partial charge in [-0.2, -0.15) is 17.8 Å². The standard InChI is InChI=1S/C4H8F3O5P/c1-10-3(4(5,6)7)2-11-12-13(8)9/h3,8-9H,2H2,1H3. The van der Waals surface area contributed by atoms with Gasteiger partial charge in [-0.05, 0) is 0 Å². The monoisotopic (exact) mass is 224 g/mol. The van der Waals surface area contributed by atoms with Gasteiger partial charge in [0, 0.05) is 7.11 Å². The van der Waals surface area contributed by atoms with Crippen LogP contribution in [-0.4, -0.2) is 35.8 Å². The molecule has 0 aliphatic carbocycles. The minimum Gasteiger partial charge on any atom is -0.369 e. The van der Waals surface area contributed by atoms with Crippen molar-refractivity contribution in [1.29, 1.82) is 0 Å². The number of methoxy groups -OCH3 is 1. The van der Waals surface area contributed by atoms with E-state index in [1.54, 1.807) is 0 Å². The van der Waals surface area contributed by atoms with Gasteiger partial charge in [-0.15, -0.1) is 0 Å². The highest BCUT2D eigenvalue weighted by Crippen LogP contribution is 2.27. The van der Waals surface area contributed by atoms with Crippen molar-refractivity contribution in [3.05, 3.63) is 0 Å². The van der Waals surface area contributed by atoms with Crippen LogP contribution in [0.4, 0.5) is 13.2 Å². The maximum atomic E-state index is 11.9. The van der Waals surface area contributed by atoms with Crippen molar-refractivity contribution in [3.63, 3.8) is 0 Å². The molecule has 0 aromatic heterocycles. The van der Waals surface area contributed by atoms with Crippen LogP contribution in [0, 0.1) is 0 Å². The molecule has 0 heterocycles. The first-order valence-electron chi connectivity index (χ1n) is 2.95. The van der Waals surface area contributed by atoms with Crippen molar-refractivity contribution in [1.82, 2.24) is 0 Å². The SMILES string of the molecule is COC(COOP(O)O)C(F)(F)F. The van der Waals surface area contributed by atoms with Crippen LogP contribution >= 0.6 is 8.60 Å². The molecular formula is C4H8F3O5P. The van der Waals surface area contributed by atoms with Gasteiger partial charge >= 0.3 is 14.8 Å². The van der Waals surface area contributed by atoms with Gasteiger partial charge in [0.15, 0.2) is 6.10 Å². The quantitative estimate of drug-likeness (QED) is 0.409. The molecule has 0 amide bonds. The van der Waals surface area contributed by atoms with Gasteiger partial charge in [0.2, 0.25) is 0 Å². The maximum absolute atomic E-state index is 11.9. The Balaban J connectivity index is 3.73. The average Bonchev–Trinajstić information content (AvgIpc) is 1.95. The summed E-state index contributed by atoms with van der Waals surface area (Å²) in [5.74, 6) is 0. The zero-order valence-corrected chi connectivity index (χ0v) is 7.38. The number of hydrogen-bond donors (Lipinski definition) is 2. The van der Waals surface area contributed by atoms with Crippen LogP contribution in [0.5, 0.6) is 0 Å². The zero-order chi connectivity index (χ0) is 10.5. The van der Waals surface area contributed by atoms with Gasteiger partial charge in [0.1, 0.15) is 6.61 Å². The Kier molecular flexibility index (Phi) is 5.70. The van der Waals surface area contributed by atoms with Crippen molar-refractivity contribution in [2.45, 2.75) is 12.3 Å². The molecule has 0 spiro atoms. The number of halogens is 3. The van der Waals surface area contributed by atoms with Crippen molar-refractivity contribution in [2.75, 3.05) is 13.7 Å². The molecule has 0 rings (SSSR count). The van der Waals surface area contributed by atoms with Gasteiger partial charge in [0.05, 0.1) is 0 Å². The largest absolute Gasteiger partial charge is 0.417 e. The fraction of sp³-hybridized carbons (Fsp3) is 1.00. The maximum Gasteiger partial charge on any atom is 0.417 e. The summed E-state index contributed by atoms with van der Waals surface area (Å²) >= 11 is 0. The molecule has 13 heavy (non-hydrogen) atoms. The smallest absolute Gasteiger partial charge is 0.369 e. The van der Waals surface area contributed by atoms with Gasteiger partial charge in [0.25, 0.3) is 0 Å². The van der Waals surface area contributed by atoms with Gasteiger partial charge < -0.3 is 14.5 Å². The summed E-state index contributed by atoms with van der Waals surface area (Å²) in [5, 5.41) is 0. The second-order valence-corrected chi connectivity index (χ2v) is 2.53. The van der Waals surface area contributed by atoms with Crippen LogP contribution in [0.2, 0.25) is 0 Å². The van der Waals surface area contributed by atoms with E-state index in [0.29, 0.717) is 0 Å². The molecule has 1 unspecified atom stereocenters. The molecular weight excluding hydrogens is 216 g/mol. The van der Waals surface area contributed by atoms with E-state index in [4.69, 9.17) is 9.79 Å². The average molecular weight is 224 g/mol. The van der Waals surface area contributed by atoms with Crippen LogP contribution in [0.3, 0.4) is 0 Å². The van der Waals surface area contributed by atoms with Crippen molar-refractivity contribution < 1.29 is 37.3 Å². The lowest BCUT2D eigenvalue weighted by atomic mass is 10.4. The summed E-state index contributed by atoms with van der Waals surface area (Å²) in [6, 6.07) is 0. The molecule has 80 valence electrons. The summed E-state index contributed by atoms with van der Waals surface area (Å²) in [5.41, 5.74) is 0. The van der Waals surface area contributed by atoms with Gasteiger partial charge in [-0.3, -0.25) is 0 Å². The lowest BCUT2D eigenvalue weighted by molar-refractivity contribution is -0.283. The van der Waals surface area contributed by atoms with E-state index < -0.39 is 27.5 Å². The predicted octanol–water partition coefficient (Wildman–Crippen LogP) is 0.723. The molecule has 2 N–H and O–H groups in total. The number of alkyl halides is 3. The Hall–Kier alpha value is 0.0200. The van der Waals surface area contributed by atoms with Crippen LogP contribution in [-0.2, 0) is 14.3 Å². The van der Waals surface area contributed by atoms with Crippen molar-refractivity contribution in [2.24, 2.45) is 0 Å². The first-order valence-corrected chi connectivity index (χ1v) is 4.11. The summed E-state index contributed by atoms with van der Waals surface area (Å²) in [6.07, 6.45) is -6.73. The van der Waals surface area contributed by atoms with Gasteiger partial charge in [-0.1, -0.05) is 0 Å². The highest BCUT2D eigenvalue weighted by Gasteiger charge is 2.40. The summed E-state index contributed by atoms with van der Waals surface area (Å²) in [4.78, 5) is 20.0. The molecule has 0 aliphatic heterocycles. The molecule has 0 radical (unpaired) electrons. The molecule has 0 bridgehead atoms. The number of ether oxygens (including phenoxy) is 1. The van der Waals surface area contributed by atoms with Crippen LogP contribution < -0.4 is 0 Å². The lowest BCUT2D eigenvalue weighted by Gasteiger charge is -2.17. The third kappa shape index (κ3) is 6.14. The lowest BCUT2D eigenvalue weighted by Crippen LogP contribution is -2.34. The normalized spacial score (nSPS) is 15.0. The van der Waals surface area contributed by atoms with E-state index in [0.717, 1.165) is 7.11 Å². The fourth-order valence-electron chi connectivity index (χ4n) is 0.436. The second-order valence-electron chi connectivity index (χ2n) is 1.88. The Morgan fingerprint density at radius 3 is 2.23 bits per heavy atom. The highest BCUT2D eigenvalue weighted by atomic mass is 31.2. The molecule has 0 fully saturated rings. The summed E-state index contributed by atoms with van der Waals surface area (Å²) in [7, 11) is -1.97. The molecule has 0 aromatic rings.